The van der Waals surface area contributed by atoms with Crippen molar-refractivity contribution in [3.63, 3.8) is 0 Å². The Balaban J connectivity index is 3.60. The van der Waals surface area contributed by atoms with E-state index in [9.17, 15) is 22.4 Å². The second-order valence-electron chi connectivity index (χ2n) is 2.44. The van der Waals surface area contributed by atoms with Crippen LogP contribution in [0, 0.1) is 23.3 Å². The number of carbonyl (C=O) groups excluding carboxylic acids is 1. The predicted molar refractivity (Wildman–Crippen MR) is 42.6 cm³/mol. The Morgan fingerprint density at radius 1 is 1.07 bits per heavy atom. The highest BCUT2D eigenvalue weighted by Crippen LogP contribution is 2.27. The summed E-state index contributed by atoms with van der Waals surface area (Å²) in [5.41, 5.74) is -1.45. The van der Waals surface area contributed by atoms with Gasteiger partial charge in [-0.05, 0) is 0 Å². The van der Waals surface area contributed by atoms with E-state index in [2.05, 4.69) is 4.74 Å². The molecule has 0 saturated carbocycles. The summed E-state index contributed by atoms with van der Waals surface area (Å²) in [6.07, 6.45) is 0. The third-order valence-electron chi connectivity index (χ3n) is 1.60. The average Bonchev–Trinajstić information content (AvgIpc) is 2.23. The van der Waals surface area contributed by atoms with E-state index in [1.165, 1.54) is 0 Å². The first-order chi connectivity index (χ1) is 6.91. The standard InChI is InChI=1S/C8H3ClF4O2/c1-15-8(14)2-4(10)6(12)3(9)7(13)5(2)11/h1H3. The molecule has 7 heteroatoms. The maximum absolute atomic E-state index is 13.0. The summed E-state index contributed by atoms with van der Waals surface area (Å²) in [5.74, 6) is -8.97. The van der Waals surface area contributed by atoms with Gasteiger partial charge in [0.05, 0.1) is 7.11 Å². The molecule has 0 atom stereocenters. The minimum absolute atomic E-state index is 0.811. The fourth-order valence-electron chi connectivity index (χ4n) is 0.886. The van der Waals surface area contributed by atoms with E-state index in [4.69, 9.17) is 11.6 Å². The van der Waals surface area contributed by atoms with Crippen LogP contribution in [0.25, 0.3) is 0 Å². The van der Waals surface area contributed by atoms with Crippen molar-refractivity contribution in [3.8, 4) is 0 Å². The van der Waals surface area contributed by atoms with Gasteiger partial charge in [-0.25, -0.2) is 22.4 Å². The van der Waals surface area contributed by atoms with Crippen molar-refractivity contribution < 1.29 is 27.1 Å². The third-order valence-corrected chi connectivity index (χ3v) is 1.93. The van der Waals surface area contributed by atoms with Crippen LogP contribution in [0.5, 0.6) is 0 Å². The summed E-state index contributed by atoms with van der Waals surface area (Å²) in [6, 6.07) is 0. The minimum Gasteiger partial charge on any atom is -0.465 e. The van der Waals surface area contributed by atoms with E-state index in [1.54, 1.807) is 0 Å². The summed E-state index contributed by atoms with van der Waals surface area (Å²) in [4.78, 5) is 10.8. The molecule has 15 heavy (non-hydrogen) atoms. The minimum atomic E-state index is -1.88. The number of rotatable bonds is 1. The van der Waals surface area contributed by atoms with Gasteiger partial charge in [-0.3, -0.25) is 0 Å². The number of hydrogen-bond acceptors (Lipinski definition) is 2. The summed E-state index contributed by atoms with van der Waals surface area (Å²) >= 11 is 4.93. The first-order valence-electron chi connectivity index (χ1n) is 3.51. The highest BCUT2D eigenvalue weighted by Gasteiger charge is 2.29. The lowest BCUT2D eigenvalue weighted by atomic mass is 10.2. The van der Waals surface area contributed by atoms with Gasteiger partial charge >= 0.3 is 5.97 Å². The van der Waals surface area contributed by atoms with Crippen LogP contribution in [0.4, 0.5) is 17.6 Å². The zero-order chi connectivity index (χ0) is 11.7. The molecule has 0 amide bonds. The fourth-order valence-corrected chi connectivity index (χ4v) is 1.05. The first kappa shape index (κ1) is 11.8. The van der Waals surface area contributed by atoms with Crippen molar-refractivity contribution >= 4 is 17.6 Å². The monoisotopic (exact) mass is 242 g/mol. The van der Waals surface area contributed by atoms with Crippen LogP contribution in [0.2, 0.25) is 5.02 Å². The Bertz CT molecular complexity index is 404. The largest absolute Gasteiger partial charge is 0.465 e. The molecule has 0 fully saturated rings. The summed E-state index contributed by atoms with van der Waals surface area (Å²) in [7, 11) is 0.811. The zero-order valence-corrected chi connectivity index (χ0v) is 7.96. The molecule has 0 aliphatic carbocycles. The van der Waals surface area contributed by atoms with Gasteiger partial charge in [-0.1, -0.05) is 11.6 Å². The third kappa shape index (κ3) is 1.77. The molecule has 0 radical (unpaired) electrons. The molecule has 0 spiro atoms. The van der Waals surface area contributed by atoms with E-state index < -0.39 is 39.8 Å². The summed E-state index contributed by atoms with van der Waals surface area (Å²) in [6.45, 7) is 0. The van der Waals surface area contributed by atoms with Gasteiger partial charge < -0.3 is 4.74 Å². The molecule has 1 rings (SSSR count). The summed E-state index contributed by atoms with van der Waals surface area (Å²) in [5, 5.41) is -1.35. The van der Waals surface area contributed by atoms with Crippen molar-refractivity contribution in [2.75, 3.05) is 7.11 Å². The molecule has 0 unspecified atom stereocenters. The lowest BCUT2D eigenvalue weighted by Gasteiger charge is -2.06. The Morgan fingerprint density at radius 2 is 1.47 bits per heavy atom. The SMILES string of the molecule is COC(=O)c1c(F)c(F)c(Cl)c(F)c1F. The molecule has 0 N–H and O–H groups in total. The Morgan fingerprint density at radius 3 is 1.80 bits per heavy atom. The smallest absolute Gasteiger partial charge is 0.344 e. The lowest BCUT2D eigenvalue weighted by Crippen LogP contribution is -2.12. The van der Waals surface area contributed by atoms with Crippen LogP contribution in [-0.4, -0.2) is 13.1 Å². The molecule has 1 aromatic rings. The number of carbonyl (C=O) groups is 1. The van der Waals surface area contributed by atoms with Crippen LogP contribution >= 0.6 is 11.6 Å². The molecule has 82 valence electrons. The predicted octanol–water partition coefficient (Wildman–Crippen LogP) is 2.68. The van der Waals surface area contributed by atoms with E-state index in [0.29, 0.717) is 0 Å². The van der Waals surface area contributed by atoms with Crippen LogP contribution in [0.1, 0.15) is 10.4 Å². The zero-order valence-electron chi connectivity index (χ0n) is 7.21. The number of benzene rings is 1. The van der Waals surface area contributed by atoms with Gasteiger partial charge in [0.2, 0.25) is 0 Å². The van der Waals surface area contributed by atoms with Gasteiger partial charge in [-0.15, -0.1) is 0 Å². The normalized spacial score (nSPS) is 10.3. The van der Waals surface area contributed by atoms with Gasteiger partial charge in [-0.2, -0.15) is 0 Å². The van der Waals surface area contributed by atoms with Crippen LogP contribution in [0.3, 0.4) is 0 Å². The quantitative estimate of drug-likeness (QED) is 0.328. The molecule has 0 bridgehead atoms. The fraction of sp³-hybridized carbons (Fsp3) is 0.125. The highest BCUT2D eigenvalue weighted by molar-refractivity contribution is 6.31. The van der Waals surface area contributed by atoms with Crippen molar-refractivity contribution in [3.05, 3.63) is 33.9 Å². The highest BCUT2D eigenvalue weighted by atomic mass is 35.5. The molecular weight excluding hydrogens is 240 g/mol. The lowest BCUT2D eigenvalue weighted by molar-refractivity contribution is 0.0587. The molecule has 2 nitrogen and oxygen atoms in total. The number of halogens is 5. The topological polar surface area (TPSA) is 26.3 Å². The van der Waals surface area contributed by atoms with Crippen molar-refractivity contribution in [1.82, 2.24) is 0 Å². The van der Waals surface area contributed by atoms with Gasteiger partial charge in [0, 0.05) is 0 Å². The maximum atomic E-state index is 13.0. The van der Waals surface area contributed by atoms with E-state index in [-0.39, 0.29) is 0 Å². The molecule has 1 aromatic carbocycles. The van der Waals surface area contributed by atoms with E-state index in [1.807, 2.05) is 0 Å². The second-order valence-corrected chi connectivity index (χ2v) is 2.81. The van der Waals surface area contributed by atoms with Crippen molar-refractivity contribution in [2.24, 2.45) is 0 Å². The molecule has 0 saturated heterocycles. The Hall–Kier alpha value is -1.30. The first-order valence-corrected chi connectivity index (χ1v) is 3.89. The van der Waals surface area contributed by atoms with Gasteiger partial charge in [0.1, 0.15) is 10.6 Å². The molecule has 0 aliphatic rings. The maximum Gasteiger partial charge on any atom is 0.344 e. The molecule has 0 aliphatic heterocycles. The van der Waals surface area contributed by atoms with Crippen molar-refractivity contribution in [1.29, 1.82) is 0 Å². The number of hydrogen-bond donors (Lipinski definition) is 0. The van der Waals surface area contributed by atoms with E-state index >= 15 is 0 Å². The molecular formula is C8H3ClF4O2. The summed E-state index contributed by atoms with van der Waals surface area (Å²) < 4.78 is 55.5. The molecule has 0 aromatic heterocycles. The van der Waals surface area contributed by atoms with Gasteiger partial charge in [0.15, 0.2) is 23.3 Å². The number of methoxy groups -OCH3 is 1. The van der Waals surface area contributed by atoms with Crippen molar-refractivity contribution in [2.45, 2.75) is 0 Å². The second kappa shape index (κ2) is 4.06. The van der Waals surface area contributed by atoms with E-state index in [0.717, 1.165) is 7.11 Å². The van der Waals surface area contributed by atoms with Crippen LogP contribution in [0.15, 0.2) is 0 Å². The number of ether oxygens (including phenoxy) is 1. The van der Waals surface area contributed by atoms with Crippen LogP contribution < -0.4 is 0 Å². The van der Waals surface area contributed by atoms with Crippen LogP contribution in [-0.2, 0) is 4.74 Å². The number of esters is 1. The van der Waals surface area contributed by atoms with Gasteiger partial charge in [0.25, 0.3) is 0 Å². The Labute approximate surface area is 86.4 Å². The average molecular weight is 243 g/mol. The molecule has 0 heterocycles. The Kier molecular flexibility index (Phi) is 3.18.